The molecule has 2 saturated carbocycles. The Labute approximate surface area is 177 Å². The zero-order valence-electron chi connectivity index (χ0n) is 18.4. The molecule has 3 unspecified atom stereocenters. The molecule has 6 rings (SSSR count). The van der Waals surface area contributed by atoms with Crippen LogP contribution in [-0.2, 0) is 14.2 Å². The van der Waals surface area contributed by atoms with Gasteiger partial charge < -0.3 is 19.5 Å². The Bertz CT molecular complexity index is 525. The second-order valence-electron chi connectivity index (χ2n) is 10.6. The molecule has 5 atom stereocenters. The number of rotatable bonds is 0. The number of piperidine rings is 1. The van der Waals surface area contributed by atoms with Crippen LogP contribution in [0.1, 0.15) is 64.7 Å². The number of fused-ring (bicyclic) bond motifs is 5. The summed E-state index contributed by atoms with van der Waals surface area (Å²) in [5.74, 6) is 2.43. The first kappa shape index (κ1) is 20.7. The van der Waals surface area contributed by atoms with Crippen molar-refractivity contribution in [3.8, 4) is 0 Å². The molecule has 6 fully saturated rings. The molecule has 0 aromatic rings. The highest BCUT2D eigenvalue weighted by atomic mass is 16.5. The summed E-state index contributed by atoms with van der Waals surface area (Å²) in [7, 11) is 0. The predicted molar refractivity (Wildman–Crippen MR) is 114 cm³/mol. The molecule has 2 aliphatic carbocycles. The van der Waals surface area contributed by atoms with E-state index in [2.05, 4.69) is 17.1 Å². The third kappa shape index (κ3) is 4.27. The van der Waals surface area contributed by atoms with Crippen LogP contribution in [0.25, 0.3) is 0 Å². The molecule has 4 heterocycles. The van der Waals surface area contributed by atoms with Gasteiger partial charge in [-0.3, -0.25) is 4.90 Å². The Kier molecular flexibility index (Phi) is 6.50. The lowest BCUT2D eigenvalue weighted by molar-refractivity contribution is -0.0944. The molecular formula is C24H42N2O3. The lowest BCUT2D eigenvalue weighted by atomic mass is 9.67. The molecule has 4 aliphatic heterocycles. The minimum Gasteiger partial charge on any atom is -0.378 e. The first-order valence-corrected chi connectivity index (χ1v) is 12.6. The second kappa shape index (κ2) is 9.12. The zero-order chi connectivity index (χ0) is 19.7. The molecule has 0 aromatic carbocycles. The summed E-state index contributed by atoms with van der Waals surface area (Å²) in [5.41, 5.74) is 0.0652. The van der Waals surface area contributed by atoms with Gasteiger partial charge in [0.05, 0.1) is 50.2 Å². The monoisotopic (exact) mass is 406 g/mol. The van der Waals surface area contributed by atoms with Crippen molar-refractivity contribution in [1.82, 2.24) is 10.2 Å². The molecule has 5 nitrogen and oxygen atoms in total. The maximum atomic E-state index is 6.67. The Morgan fingerprint density at radius 3 is 2.66 bits per heavy atom. The third-order valence-corrected chi connectivity index (χ3v) is 8.93. The van der Waals surface area contributed by atoms with E-state index in [4.69, 9.17) is 14.2 Å². The topological polar surface area (TPSA) is 43.0 Å². The average molecular weight is 407 g/mol. The lowest BCUT2D eigenvalue weighted by Crippen LogP contribution is -2.70. The third-order valence-electron chi connectivity index (χ3n) is 8.93. The summed E-state index contributed by atoms with van der Waals surface area (Å²) in [6, 6.07) is 0.403. The summed E-state index contributed by atoms with van der Waals surface area (Å²) >= 11 is 0. The van der Waals surface area contributed by atoms with Gasteiger partial charge in [-0.05, 0) is 69.2 Å². The summed E-state index contributed by atoms with van der Waals surface area (Å²) in [4.78, 5) is 2.66. The SMILES string of the molecule is CC1CCCC2OCCN3CCC[C@@]4(COCCN4)[C@@H]3COC3CCC(CC3)C12. The molecular weight excluding hydrogens is 364 g/mol. The Hall–Kier alpha value is -0.200. The maximum Gasteiger partial charge on any atom is 0.0665 e. The lowest BCUT2D eigenvalue weighted by Gasteiger charge is -2.52. The molecule has 1 N–H and O–H groups in total. The van der Waals surface area contributed by atoms with Gasteiger partial charge in [0.15, 0.2) is 0 Å². The highest BCUT2D eigenvalue weighted by Crippen LogP contribution is 2.43. The average Bonchev–Trinajstić information content (AvgIpc) is 2.76. The number of hydrogen-bond donors (Lipinski definition) is 1. The van der Waals surface area contributed by atoms with Gasteiger partial charge in [0.2, 0.25) is 0 Å². The van der Waals surface area contributed by atoms with Gasteiger partial charge in [0.25, 0.3) is 0 Å². The van der Waals surface area contributed by atoms with E-state index in [1.165, 1.54) is 64.3 Å². The van der Waals surface area contributed by atoms with Crippen LogP contribution in [0.15, 0.2) is 0 Å². The first-order chi connectivity index (χ1) is 14.3. The van der Waals surface area contributed by atoms with Gasteiger partial charge in [-0.25, -0.2) is 0 Å². The van der Waals surface area contributed by atoms with Crippen LogP contribution in [0.4, 0.5) is 0 Å². The molecule has 0 amide bonds. The fourth-order valence-corrected chi connectivity index (χ4v) is 7.40. The van der Waals surface area contributed by atoms with Gasteiger partial charge in [-0.15, -0.1) is 0 Å². The van der Waals surface area contributed by atoms with Crippen LogP contribution in [-0.4, -0.2) is 74.8 Å². The van der Waals surface area contributed by atoms with Gasteiger partial charge in [0, 0.05) is 13.1 Å². The number of morpholine rings is 1. The van der Waals surface area contributed by atoms with Crippen molar-refractivity contribution in [3.63, 3.8) is 0 Å². The van der Waals surface area contributed by atoms with E-state index in [0.29, 0.717) is 18.2 Å². The molecule has 166 valence electrons. The van der Waals surface area contributed by atoms with Gasteiger partial charge in [-0.2, -0.15) is 0 Å². The van der Waals surface area contributed by atoms with E-state index in [-0.39, 0.29) is 5.54 Å². The molecule has 0 radical (unpaired) electrons. The minimum atomic E-state index is 0.0652. The van der Waals surface area contributed by atoms with Crippen LogP contribution in [0.2, 0.25) is 0 Å². The van der Waals surface area contributed by atoms with Crippen molar-refractivity contribution >= 4 is 0 Å². The van der Waals surface area contributed by atoms with E-state index in [0.717, 1.165) is 57.3 Å². The standard InChI is InChI=1S/C24H42N2O3/c1-18-4-2-5-21-23(18)19-6-8-20(9-7-19)29-16-22-24(17-27-14-11-25-24)10-3-12-26(22)13-15-28-21/h18-23,25H,2-17H2,1H3/t18?,19?,20?,21?,22-,23?,24+/m0/s1. The molecule has 2 bridgehead atoms. The molecule has 5 heteroatoms. The van der Waals surface area contributed by atoms with E-state index < -0.39 is 0 Å². The number of nitrogens with one attached hydrogen (secondary N) is 1. The predicted octanol–water partition coefficient (Wildman–Crippen LogP) is 3.22. The van der Waals surface area contributed by atoms with Gasteiger partial charge in [0.1, 0.15) is 0 Å². The summed E-state index contributed by atoms with van der Waals surface area (Å²) < 4.78 is 19.3. The quantitative estimate of drug-likeness (QED) is 0.669. The minimum absolute atomic E-state index is 0.0652. The molecule has 0 aromatic heterocycles. The number of nitrogens with zero attached hydrogens (tertiary/aromatic N) is 1. The van der Waals surface area contributed by atoms with E-state index in [1.807, 2.05) is 0 Å². The Balaban J connectivity index is 1.35. The van der Waals surface area contributed by atoms with Crippen molar-refractivity contribution in [2.24, 2.45) is 17.8 Å². The van der Waals surface area contributed by atoms with Crippen LogP contribution < -0.4 is 5.32 Å². The Morgan fingerprint density at radius 1 is 0.931 bits per heavy atom. The zero-order valence-corrected chi connectivity index (χ0v) is 18.4. The highest BCUT2D eigenvalue weighted by molar-refractivity contribution is 5.05. The smallest absolute Gasteiger partial charge is 0.0665 e. The number of ether oxygens (including phenoxy) is 3. The van der Waals surface area contributed by atoms with Crippen molar-refractivity contribution in [2.75, 3.05) is 46.1 Å². The molecule has 29 heavy (non-hydrogen) atoms. The molecule has 6 aliphatic rings. The van der Waals surface area contributed by atoms with Crippen molar-refractivity contribution in [2.45, 2.75) is 88.5 Å². The summed E-state index contributed by atoms with van der Waals surface area (Å²) in [6.07, 6.45) is 12.5. The van der Waals surface area contributed by atoms with Crippen LogP contribution in [0.5, 0.6) is 0 Å². The molecule has 1 spiro atoms. The van der Waals surface area contributed by atoms with Crippen molar-refractivity contribution < 1.29 is 14.2 Å². The fraction of sp³-hybridized carbons (Fsp3) is 1.00. The van der Waals surface area contributed by atoms with Gasteiger partial charge >= 0.3 is 0 Å². The normalized spacial score (nSPS) is 47.5. The van der Waals surface area contributed by atoms with E-state index in [1.54, 1.807) is 0 Å². The van der Waals surface area contributed by atoms with Crippen LogP contribution >= 0.6 is 0 Å². The molecule has 4 saturated heterocycles. The number of hydrogen-bond acceptors (Lipinski definition) is 5. The van der Waals surface area contributed by atoms with Crippen molar-refractivity contribution in [1.29, 1.82) is 0 Å². The van der Waals surface area contributed by atoms with Gasteiger partial charge in [-0.1, -0.05) is 19.8 Å². The first-order valence-electron chi connectivity index (χ1n) is 12.6. The summed E-state index contributed by atoms with van der Waals surface area (Å²) in [5, 5.41) is 3.86. The van der Waals surface area contributed by atoms with E-state index >= 15 is 0 Å². The van der Waals surface area contributed by atoms with E-state index in [9.17, 15) is 0 Å². The van der Waals surface area contributed by atoms with Crippen LogP contribution in [0, 0.1) is 17.8 Å². The fourth-order valence-electron chi connectivity index (χ4n) is 7.40. The maximum absolute atomic E-state index is 6.67. The largest absolute Gasteiger partial charge is 0.378 e. The van der Waals surface area contributed by atoms with Crippen LogP contribution in [0.3, 0.4) is 0 Å². The summed E-state index contributed by atoms with van der Waals surface area (Å²) in [6.45, 7) is 9.03. The Morgan fingerprint density at radius 2 is 1.83 bits per heavy atom. The highest BCUT2D eigenvalue weighted by Gasteiger charge is 2.47. The second-order valence-corrected chi connectivity index (χ2v) is 10.6. The van der Waals surface area contributed by atoms with Crippen molar-refractivity contribution in [3.05, 3.63) is 0 Å².